The zero-order chi connectivity index (χ0) is 15.2. The number of carbonyl (C=O) groups is 2. The van der Waals surface area contributed by atoms with Gasteiger partial charge in [0.2, 0.25) is 5.91 Å². The lowest BCUT2D eigenvalue weighted by atomic mass is 10.0. The minimum Gasteiger partial charge on any atom is -0.480 e. The van der Waals surface area contributed by atoms with Crippen molar-refractivity contribution < 1.29 is 14.7 Å². The molecule has 2 N–H and O–H groups in total. The van der Waals surface area contributed by atoms with Gasteiger partial charge in [0.15, 0.2) is 0 Å². The molecule has 1 fully saturated rings. The van der Waals surface area contributed by atoms with Gasteiger partial charge in [0.25, 0.3) is 0 Å². The van der Waals surface area contributed by atoms with Gasteiger partial charge in [-0.25, -0.2) is 0 Å². The molecule has 1 heterocycles. The molecule has 2 rings (SSSR count). The fraction of sp³-hybridized carbons (Fsp3) is 0.500. The monoisotopic (exact) mass is 290 g/mol. The smallest absolute Gasteiger partial charge is 0.320 e. The van der Waals surface area contributed by atoms with Crippen molar-refractivity contribution in [3.63, 3.8) is 0 Å². The molecule has 1 aromatic carbocycles. The normalized spacial score (nSPS) is 19.2. The first-order valence-corrected chi connectivity index (χ1v) is 7.35. The first kappa shape index (κ1) is 15.5. The van der Waals surface area contributed by atoms with Gasteiger partial charge in [-0.2, -0.15) is 0 Å². The molecule has 0 spiro atoms. The van der Waals surface area contributed by atoms with Crippen molar-refractivity contribution in [3.05, 3.63) is 35.4 Å². The molecule has 0 aromatic heterocycles. The largest absolute Gasteiger partial charge is 0.480 e. The molecule has 5 heteroatoms. The van der Waals surface area contributed by atoms with Gasteiger partial charge in [-0.3, -0.25) is 14.5 Å². The van der Waals surface area contributed by atoms with Gasteiger partial charge in [0.05, 0.1) is 6.54 Å². The highest BCUT2D eigenvalue weighted by molar-refractivity contribution is 5.80. The third kappa shape index (κ3) is 4.56. The van der Waals surface area contributed by atoms with E-state index in [9.17, 15) is 14.7 Å². The summed E-state index contributed by atoms with van der Waals surface area (Å²) in [5, 5.41) is 12.0. The van der Waals surface area contributed by atoms with Gasteiger partial charge in [-0.15, -0.1) is 0 Å². The van der Waals surface area contributed by atoms with E-state index in [-0.39, 0.29) is 12.5 Å². The number of carboxylic acid groups (broad SMARTS) is 1. The third-order valence-electron chi connectivity index (χ3n) is 3.82. The predicted molar refractivity (Wildman–Crippen MR) is 79.9 cm³/mol. The average molecular weight is 290 g/mol. The third-order valence-corrected chi connectivity index (χ3v) is 3.82. The van der Waals surface area contributed by atoms with Crippen molar-refractivity contribution in [3.8, 4) is 0 Å². The summed E-state index contributed by atoms with van der Waals surface area (Å²) in [7, 11) is 0. The van der Waals surface area contributed by atoms with Crippen LogP contribution in [0.1, 0.15) is 30.4 Å². The van der Waals surface area contributed by atoms with E-state index in [1.807, 2.05) is 31.2 Å². The molecule has 1 aliphatic heterocycles. The quantitative estimate of drug-likeness (QED) is 0.863. The number of rotatable bonds is 5. The SMILES string of the molecule is Cc1cccc(CNC(=O)CN2CCCCC2C(=O)O)c1. The van der Waals surface area contributed by atoms with Gasteiger partial charge in [0.1, 0.15) is 6.04 Å². The lowest BCUT2D eigenvalue weighted by Gasteiger charge is -2.32. The van der Waals surface area contributed by atoms with Crippen molar-refractivity contribution in [2.24, 2.45) is 0 Å². The molecular formula is C16H22N2O3. The maximum absolute atomic E-state index is 12.0. The predicted octanol–water partition coefficient (Wildman–Crippen LogP) is 1.55. The number of amides is 1. The van der Waals surface area contributed by atoms with E-state index in [0.29, 0.717) is 19.5 Å². The molecule has 21 heavy (non-hydrogen) atoms. The molecule has 1 unspecified atom stereocenters. The molecule has 0 aliphatic carbocycles. The summed E-state index contributed by atoms with van der Waals surface area (Å²) in [5.41, 5.74) is 2.21. The van der Waals surface area contributed by atoms with E-state index in [1.165, 1.54) is 0 Å². The van der Waals surface area contributed by atoms with Crippen LogP contribution < -0.4 is 5.32 Å². The number of nitrogens with zero attached hydrogens (tertiary/aromatic N) is 1. The lowest BCUT2D eigenvalue weighted by molar-refractivity contribution is -0.145. The lowest BCUT2D eigenvalue weighted by Crippen LogP contribution is -2.48. The summed E-state index contributed by atoms with van der Waals surface area (Å²) in [6, 6.07) is 7.44. The standard InChI is InChI=1S/C16H22N2O3/c1-12-5-4-6-13(9-12)10-17-15(19)11-18-8-3-2-7-14(18)16(20)21/h4-6,9,14H,2-3,7-8,10-11H2,1H3,(H,17,19)(H,20,21). The Hall–Kier alpha value is -1.88. The van der Waals surface area contributed by atoms with Crippen LogP contribution in [0.4, 0.5) is 0 Å². The number of piperidine rings is 1. The molecule has 1 aromatic rings. The zero-order valence-electron chi connectivity index (χ0n) is 12.3. The number of benzene rings is 1. The first-order valence-electron chi connectivity index (χ1n) is 7.35. The summed E-state index contributed by atoms with van der Waals surface area (Å²) in [6.45, 7) is 3.32. The molecule has 0 saturated carbocycles. The number of aliphatic carboxylic acids is 1. The minimum absolute atomic E-state index is 0.121. The number of hydrogen-bond acceptors (Lipinski definition) is 3. The second-order valence-electron chi connectivity index (χ2n) is 5.59. The van der Waals surface area contributed by atoms with Crippen LogP contribution in [0.25, 0.3) is 0 Å². The Labute approximate surface area is 125 Å². The van der Waals surface area contributed by atoms with Crippen molar-refractivity contribution in [1.29, 1.82) is 0 Å². The summed E-state index contributed by atoms with van der Waals surface area (Å²) in [6.07, 6.45) is 2.49. The Bertz CT molecular complexity index is 516. The highest BCUT2D eigenvalue weighted by Gasteiger charge is 2.29. The van der Waals surface area contributed by atoms with Crippen LogP contribution in [-0.4, -0.2) is 41.0 Å². The molecule has 5 nitrogen and oxygen atoms in total. The molecule has 1 atom stereocenters. The highest BCUT2D eigenvalue weighted by atomic mass is 16.4. The van der Waals surface area contributed by atoms with Crippen LogP contribution in [0, 0.1) is 6.92 Å². The van der Waals surface area contributed by atoms with E-state index in [1.54, 1.807) is 4.90 Å². The van der Waals surface area contributed by atoms with Crippen molar-refractivity contribution in [2.45, 2.75) is 38.8 Å². The first-order chi connectivity index (χ1) is 10.1. The Kier molecular flexibility index (Phi) is 5.33. The van der Waals surface area contributed by atoms with Crippen LogP contribution in [0.2, 0.25) is 0 Å². The van der Waals surface area contributed by atoms with Crippen LogP contribution in [0.15, 0.2) is 24.3 Å². The van der Waals surface area contributed by atoms with Crippen molar-refractivity contribution in [2.75, 3.05) is 13.1 Å². The fourth-order valence-corrected chi connectivity index (χ4v) is 2.72. The molecule has 0 radical (unpaired) electrons. The average Bonchev–Trinajstić information content (AvgIpc) is 2.45. The summed E-state index contributed by atoms with van der Waals surface area (Å²) in [4.78, 5) is 24.9. The second-order valence-corrected chi connectivity index (χ2v) is 5.59. The maximum Gasteiger partial charge on any atom is 0.320 e. The molecule has 1 amide bonds. The van der Waals surface area contributed by atoms with E-state index in [2.05, 4.69) is 5.32 Å². The molecule has 1 aliphatic rings. The molecular weight excluding hydrogens is 268 g/mol. The van der Waals surface area contributed by atoms with Gasteiger partial charge in [0, 0.05) is 6.54 Å². The Balaban J connectivity index is 1.84. The Morgan fingerprint density at radius 1 is 1.38 bits per heavy atom. The number of carboxylic acids is 1. The van der Waals surface area contributed by atoms with Crippen LogP contribution in [0.3, 0.4) is 0 Å². The van der Waals surface area contributed by atoms with Crippen molar-refractivity contribution >= 4 is 11.9 Å². The highest BCUT2D eigenvalue weighted by Crippen LogP contribution is 2.16. The topological polar surface area (TPSA) is 69.6 Å². The zero-order valence-corrected chi connectivity index (χ0v) is 12.3. The number of carbonyl (C=O) groups excluding carboxylic acids is 1. The van der Waals surface area contributed by atoms with Crippen LogP contribution in [0.5, 0.6) is 0 Å². The number of nitrogens with one attached hydrogen (secondary N) is 1. The molecule has 114 valence electrons. The summed E-state index contributed by atoms with van der Waals surface area (Å²) >= 11 is 0. The minimum atomic E-state index is -0.832. The summed E-state index contributed by atoms with van der Waals surface area (Å²) < 4.78 is 0. The van der Waals surface area contributed by atoms with Gasteiger partial charge < -0.3 is 10.4 Å². The van der Waals surface area contributed by atoms with E-state index >= 15 is 0 Å². The Morgan fingerprint density at radius 3 is 2.90 bits per heavy atom. The second kappa shape index (κ2) is 7.22. The summed E-state index contributed by atoms with van der Waals surface area (Å²) in [5.74, 6) is -0.953. The number of aryl methyl sites for hydroxylation is 1. The van der Waals surface area contributed by atoms with Crippen LogP contribution in [-0.2, 0) is 16.1 Å². The van der Waals surface area contributed by atoms with E-state index < -0.39 is 12.0 Å². The van der Waals surface area contributed by atoms with Crippen LogP contribution >= 0.6 is 0 Å². The van der Waals surface area contributed by atoms with Gasteiger partial charge in [-0.05, 0) is 31.9 Å². The van der Waals surface area contributed by atoms with E-state index in [4.69, 9.17) is 0 Å². The molecule has 1 saturated heterocycles. The molecule has 0 bridgehead atoms. The van der Waals surface area contributed by atoms with Gasteiger partial charge >= 0.3 is 5.97 Å². The van der Waals surface area contributed by atoms with E-state index in [0.717, 1.165) is 24.0 Å². The van der Waals surface area contributed by atoms with Gasteiger partial charge in [-0.1, -0.05) is 36.2 Å². The Morgan fingerprint density at radius 2 is 2.19 bits per heavy atom. The van der Waals surface area contributed by atoms with Crippen molar-refractivity contribution in [1.82, 2.24) is 10.2 Å². The number of hydrogen-bond donors (Lipinski definition) is 2. The maximum atomic E-state index is 12.0. The fourth-order valence-electron chi connectivity index (χ4n) is 2.72. The number of likely N-dealkylation sites (tertiary alicyclic amines) is 1.